The summed E-state index contributed by atoms with van der Waals surface area (Å²) in [5, 5.41) is 13.2. The average molecular weight is 446 g/mol. The Bertz CT molecular complexity index is 1270. The van der Waals surface area contributed by atoms with E-state index in [4.69, 9.17) is 4.74 Å². The quantitative estimate of drug-likeness (QED) is 0.337. The Labute approximate surface area is 190 Å². The highest BCUT2D eigenvalue weighted by atomic mass is 32.1. The summed E-state index contributed by atoms with van der Waals surface area (Å²) in [5.41, 5.74) is 4.26. The number of fused-ring (bicyclic) bond motifs is 1. The SMILES string of the molecule is Cc1cccc(N2C(=O)C(=O)/C(=C(\O)c3ccc4c(c3)CC(C)O4)C2c2cccs2)c1C. The van der Waals surface area contributed by atoms with Crippen LogP contribution in [0.4, 0.5) is 5.69 Å². The van der Waals surface area contributed by atoms with Crippen LogP contribution in [0, 0.1) is 13.8 Å². The molecule has 2 atom stereocenters. The van der Waals surface area contributed by atoms with Crippen LogP contribution in [-0.4, -0.2) is 22.9 Å². The van der Waals surface area contributed by atoms with E-state index in [1.807, 2.05) is 68.6 Å². The summed E-state index contributed by atoms with van der Waals surface area (Å²) in [6.45, 7) is 5.91. The summed E-state index contributed by atoms with van der Waals surface area (Å²) in [6, 6.07) is 14.2. The van der Waals surface area contributed by atoms with E-state index in [1.54, 1.807) is 6.07 Å². The second-order valence-electron chi connectivity index (χ2n) is 8.36. The van der Waals surface area contributed by atoms with Crippen molar-refractivity contribution in [1.82, 2.24) is 0 Å². The molecular weight excluding hydrogens is 422 g/mol. The highest BCUT2D eigenvalue weighted by Crippen LogP contribution is 2.45. The van der Waals surface area contributed by atoms with Crippen LogP contribution in [0.25, 0.3) is 5.76 Å². The van der Waals surface area contributed by atoms with Gasteiger partial charge in [-0.05, 0) is 73.2 Å². The fraction of sp³-hybridized carbons (Fsp3) is 0.231. The number of hydrogen-bond donors (Lipinski definition) is 1. The molecule has 6 heteroatoms. The van der Waals surface area contributed by atoms with Crippen LogP contribution >= 0.6 is 11.3 Å². The van der Waals surface area contributed by atoms with E-state index in [0.29, 0.717) is 11.3 Å². The number of aryl methyl sites for hydroxylation is 1. The molecule has 1 N–H and O–H groups in total. The number of aliphatic hydroxyl groups excluding tert-OH is 1. The van der Waals surface area contributed by atoms with E-state index in [0.717, 1.165) is 33.7 Å². The van der Waals surface area contributed by atoms with E-state index >= 15 is 0 Å². The van der Waals surface area contributed by atoms with E-state index in [1.165, 1.54) is 16.2 Å². The monoisotopic (exact) mass is 445 g/mol. The van der Waals surface area contributed by atoms with Crippen molar-refractivity contribution < 1.29 is 19.4 Å². The number of hydrogen-bond acceptors (Lipinski definition) is 5. The smallest absolute Gasteiger partial charge is 0.300 e. The van der Waals surface area contributed by atoms with Crippen molar-refractivity contribution >= 4 is 34.5 Å². The molecule has 0 radical (unpaired) electrons. The van der Waals surface area contributed by atoms with Gasteiger partial charge in [0.1, 0.15) is 23.7 Å². The number of benzene rings is 2. The highest BCUT2D eigenvalue weighted by Gasteiger charge is 2.47. The van der Waals surface area contributed by atoms with Gasteiger partial charge in [0.25, 0.3) is 11.7 Å². The molecule has 5 nitrogen and oxygen atoms in total. The molecule has 2 aliphatic heterocycles. The van der Waals surface area contributed by atoms with Gasteiger partial charge in [-0.15, -0.1) is 11.3 Å². The van der Waals surface area contributed by atoms with Crippen molar-refractivity contribution in [3.05, 3.63) is 86.6 Å². The molecule has 0 spiro atoms. The predicted octanol–water partition coefficient (Wildman–Crippen LogP) is 5.31. The van der Waals surface area contributed by atoms with Crippen molar-refractivity contribution in [2.24, 2.45) is 0 Å². The minimum atomic E-state index is -0.682. The Morgan fingerprint density at radius 1 is 1.12 bits per heavy atom. The van der Waals surface area contributed by atoms with Crippen LogP contribution in [0.15, 0.2) is 59.5 Å². The Morgan fingerprint density at radius 3 is 2.69 bits per heavy atom. The van der Waals surface area contributed by atoms with Crippen LogP contribution in [0.3, 0.4) is 0 Å². The number of ketones is 1. The summed E-state index contributed by atoms with van der Waals surface area (Å²) in [6.07, 6.45) is 0.810. The lowest BCUT2D eigenvalue weighted by atomic mass is 9.97. The maximum Gasteiger partial charge on any atom is 0.300 e. The number of anilines is 1. The minimum Gasteiger partial charge on any atom is -0.507 e. The Morgan fingerprint density at radius 2 is 1.94 bits per heavy atom. The van der Waals surface area contributed by atoms with Crippen LogP contribution in [0.5, 0.6) is 5.75 Å². The first-order valence-corrected chi connectivity index (χ1v) is 11.5. The molecular formula is C26H23NO4S. The van der Waals surface area contributed by atoms with E-state index in [-0.39, 0.29) is 17.4 Å². The number of rotatable bonds is 3. The molecule has 2 aromatic carbocycles. The molecule has 162 valence electrons. The molecule has 1 fully saturated rings. The molecule has 32 heavy (non-hydrogen) atoms. The molecule has 0 bridgehead atoms. The maximum absolute atomic E-state index is 13.3. The van der Waals surface area contributed by atoms with Crippen molar-refractivity contribution in [2.75, 3.05) is 4.90 Å². The third-order valence-electron chi connectivity index (χ3n) is 6.26. The third-order valence-corrected chi connectivity index (χ3v) is 7.19. The van der Waals surface area contributed by atoms with E-state index < -0.39 is 17.7 Å². The molecule has 3 aromatic rings. The Kier molecular flexibility index (Phi) is 4.90. The number of carbonyl (C=O) groups is 2. The van der Waals surface area contributed by atoms with Gasteiger partial charge in [0.2, 0.25) is 0 Å². The molecule has 1 saturated heterocycles. The van der Waals surface area contributed by atoms with Crippen molar-refractivity contribution in [1.29, 1.82) is 0 Å². The van der Waals surface area contributed by atoms with Crippen molar-refractivity contribution in [2.45, 2.75) is 39.3 Å². The van der Waals surface area contributed by atoms with Gasteiger partial charge in [-0.3, -0.25) is 14.5 Å². The number of carbonyl (C=O) groups excluding carboxylic acids is 2. The normalized spacial score (nSPS) is 21.7. The summed E-state index contributed by atoms with van der Waals surface area (Å²) >= 11 is 1.46. The second kappa shape index (κ2) is 7.64. The summed E-state index contributed by atoms with van der Waals surface area (Å²) in [4.78, 5) is 28.9. The summed E-state index contributed by atoms with van der Waals surface area (Å²) in [5.74, 6) is -0.666. The number of thiophene rings is 1. The summed E-state index contributed by atoms with van der Waals surface area (Å²) in [7, 11) is 0. The van der Waals surface area contributed by atoms with Gasteiger partial charge >= 0.3 is 0 Å². The molecule has 2 aliphatic rings. The number of nitrogens with zero attached hydrogens (tertiary/aromatic N) is 1. The lowest BCUT2D eigenvalue weighted by Gasteiger charge is -2.26. The average Bonchev–Trinajstić information content (AvgIpc) is 3.48. The largest absolute Gasteiger partial charge is 0.507 e. The zero-order valence-corrected chi connectivity index (χ0v) is 18.9. The van der Waals surface area contributed by atoms with E-state index in [2.05, 4.69) is 0 Å². The lowest BCUT2D eigenvalue weighted by molar-refractivity contribution is -0.132. The first kappa shape index (κ1) is 20.5. The number of Topliss-reactive ketones (excluding diaryl/α,β-unsaturated/α-hetero) is 1. The van der Waals surface area contributed by atoms with Crippen LogP contribution in [0.1, 0.15) is 40.1 Å². The van der Waals surface area contributed by atoms with Gasteiger partial charge in [-0.2, -0.15) is 0 Å². The Hall–Kier alpha value is -3.38. The fourth-order valence-electron chi connectivity index (χ4n) is 4.52. The molecule has 1 aromatic heterocycles. The van der Waals surface area contributed by atoms with Crippen molar-refractivity contribution in [3.8, 4) is 5.75 Å². The number of amides is 1. The minimum absolute atomic E-state index is 0.0726. The first-order chi connectivity index (χ1) is 15.4. The highest BCUT2D eigenvalue weighted by molar-refractivity contribution is 7.10. The van der Waals surface area contributed by atoms with Crippen LogP contribution < -0.4 is 9.64 Å². The van der Waals surface area contributed by atoms with E-state index in [9.17, 15) is 14.7 Å². The molecule has 5 rings (SSSR count). The van der Waals surface area contributed by atoms with Crippen LogP contribution in [0.2, 0.25) is 0 Å². The lowest BCUT2D eigenvalue weighted by Crippen LogP contribution is -2.29. The summed E-state index contributed by atoms with van der Waals surface area (Å²) < 4.78 is 5.76. The second-order valence-corrected chi connectivity index (χ2v) is 9.34. The topological polar surface area (TPSA) is 66.8 Å². The molecule has 0 saturated carbocycles. The zero-order chi connectivity index (χ0) is 22.6. The van der Waals surface area contributed by atoms with Gasteiger partial charge < -0.3 is 9.84 Å². The zero-order valence-electron chi connectivity index (χ0n) is 18.1. The fourth-order valence-corrected chi connectivity index (χ4v) is 5.34. The number of aliphatic hydroxyl groups is 1. The van der Waals surface area contributed by atoms with Crippen LogP contribution in [-0.2, 0) is 16.0 Å². The third kappa shape index (κ3) is 3.14. The molecule has 3 heterocycles. The van der Waals surface area contributed by atoms with Gasteiger partial charge in [0, 0.05) is 22.5 Å². The Balaban J connectivity index is 1.69. The van der Waals surface area contributed by atoms with Gasteiger partial charge in [-0.1, -0.05) is 18.2 Å². The van der Waals surface area contributed by atoms with Gasteiger partial charge in [-0.25, -0.2) is 0 Å². The molecule has 2 unspecified atom stereocenters. The van der Waals surface area contributed by atoms with Gasteiger partial charge in [0.05, 0.1) is 5.57 Å². The van der Waals surface area contributed by atoms with Crippen molar-refractivity contribution in [3.63, 3.8) is 0 Å². The standard InChI is InChI=1S/C26H23NO4S/c1-14-6-4-7-19(16(14)3)27-23(21-8-5-11-32-21)22(25(29)26(27)30)24(28)17-9-10-20-18(13-17)12-15(2)31-20/h4-11,13,15,23,28H,12H2,1-3H3/b24-22-. The number of ether oxygens (including phenoxy) is 1. The first-order valence-electron chi connectivity index (χ1n) is 10.6. The molecule has 0 aliphatic carbocycles. The maximum atomic E-state index is 13.3. The predicted molar refractivity (Wildman–Crippen MR) is 125 cm³/mol. The molecule has 1 amide bonds. The van der Waals surface area contributed by atoms with Gasteiger partial charge in [0.15, 0.2) is 0 Å².